The van der Waals surface area contributed by atoms with Crippen molar-refractivity contribution in [3.05, 3.63) is 36.7 Å². The van der Waals surface area contributed by atoms with Crippen LogP contribution in [-0.2, 0) is 4.79 Å². The first kappa shape index (κ1) is 15.3. The number of rotatable bonds is 6. The summed E-state index contributed by atoms with van der Waals surface area (Å²) >= 11 is 0. The van der Waals surface area contributed by atoms with Gasteiger partial charge >= 0.3 is 5.97 Å². The maximum atomic E-state index is 11.6. The van der Waals surface area contributed by atoms with Crippen molar-refractivity contribution >= 4 is 11.9 Å². The Hall–Kier alpha value is -2.08. The molecule has 1 aliphatic heterocycles. The number of piperidine rings is 1. The summed E-state index contributed by atoms with van der Waals surface area (Å²) in [5, 5.41) is 11.9. The van der Waals surface area contributed by atoms with Crippen LogP contribution >= 0.6 is 0 Å². The van der Waals surface area contributed by atoms with Crippen LogP contribution in [0.15, 0.2) is 31.0 Å². The van der Waals surface area contributed by atoms with Gasteiger partial charge in [0.15, 0.2) is 0 Å². The molecule has 2 rings (SSSR count). The van der Waals surface area contributed by atoms with E-state index in [0.29, 0.717) is 18.8 Å². The van der Waals surface area contributed by atoms with Gasteiger partial charge in [0.1, 0.15) is 5.69 Å². The van der Waals surface area contributed by atoms with Gasteiger partial charge in [0.2, 0.25) is 5.91 Å². The Morgan fingerprint density at radius 2 is 2.14 bits per heavy atom. The average molecular weight is 291 g/mol. The Bertz CT molecular complexity index is 516. The predicted molar refractivity (Wildman–Crippen MR) is 79.3 cm³/mol. The summed E-state index contributed by atoms with van der Waals surface area (Å²) in [7, 11) is 0. The molecule has 0 bridgehead atoms. The zero-order valence-corrected chi connectivity index (χ0v) is 12.0. The molecular formula is C15H21N3O3. The number of hydrogen-bond acceptors (Lipinski definition) is 3. The van der Waals surface area contributed by atoms with Crippen LogP contribution in [0, 0.1) is 0 Å². The van der Waals surface area contributed by atoms with Gasteiger partial charge in [-0.3, -0.25) is 9.69 Å². The van der Waals surface area contributed by atoms with Gasteiger partial charge in [-0.05, 0) is 25.0 Å². The number of nitrogens with zero attached hydrogens (tertiary/aromatic N) is 2. The van der Waals surface area contributed by atoms with Crippen LogP contribution in [0.5, 0.6) is 0 Å². The van der Waals surface area contributed by atoms with Crippen LogP contribution in [0.25, 0.3) is 0 Å². The minimum Gasteiger partial charge on any atom is -0.477 e. The van der Waals surface area contributed by atoms with E-state index in [1.807, 2.05) is 10.8 Å². The molecule has 6 nitrogen and oxygen atoms in total. The Morgan fingerprint density at radius 3 is 2.76 bits per heavy atom. The quantitative estimate of drug-likeness (QED) is 0.770. The third-order valence-corrected chi connectivity index (χ3v) is 3.76. The van der Waals surface area contributed by atoms with Crippen molar-refractivity contribution in [2.75, 3.05) is 26.2 Å². The summed E-state index contributed by atoms with van der Waals surface area (Å²) in [5.41, 5.74) is 0.331. The Kier molecular flexibility index (Phi) is 5.16. The van der Waals surface area contributed by atoms with Crippen molar-refractivity contribution in [2.45, 2.75) is 18.9 Å². The van der Waals surface area contributed by atoms with E-state index in [0.717, 1.165) is 25.9 Å². The highest BCUT2D eigenvalue weighted by atomic mass is 16.4. The Labute approximate surface area is 124 Å². The van der Waals surface area contributed by atoms with Crippen LogP contribution in [0.3, 0.4) is 0 Å². The molecule has 0 spiro atoms. The number of hydrogen-bond donors (Lipinski definition) is 2. The van der Waals surface area contributed by atoms with E-state index < -0.39 is 5.97 Å². The summed E-state index contributed by atoms with van der Waals surface area (Å²) in [5.74, 6) is -0.897. The fraction of sp³-hybridized carbons (Fsp3) is 0.467. The number of aromatic nitrogens is 1. The molecule has 1 fully saturated rings. The highest BCUT2D eigenvalue weighted by Crippen LogP contribution is 2.24. The van der Waals surface area contributed by atoms with Crippen LogP contribution in [0.2, 0.25) is 0 Å². The number of carboxylic acid groups (broad SMARTS) is 1. The zero-order valence-electron chi connectivity index (χ0n) is 12.0. The van der Waals surface area contributed by atoms with Gasteiger partial charge in [-0.1, -0.05) is 6.08 Å². The summed E-state index contributed by atoms with van der Waals surface area (Å²) in [4.78, 5) is 24.9. The van der Waals surface area contributed by atoms with Gasteiger partial charge in [-0.15, -0.1) is 6.58 Å². The van der Waals surface area contributed by atoms with Crippen LogP contribution < -0.4 is 5.32 Å². The van der Waals surface area contributed by atoms with Crippen molar-refractivity contribution in [1.29, 1.82) is 0 Å². The number of likely N-dealkylation sites (tertiary alicyclic amines) is 1. The minimum atomic E-state index is -0.897. The molecule has 0 aliphatic carbocycles. The van der Waals surface area contributed by atoms with Crippen molar-refractivity contribution in [2.24, 2.45) is 0 Å². The number of amides is 1. The van der Waals surface area contributed by atoms with Gasteiger partial charge < -0.3 is 15.0 Å². The van der Waals surface area contributed by atoms with Gasteiger partial charge in [0, 0.05) is 31.9 Å². The van der Waals surface area contributed by atoms with Gasteiger partial charge in [0.25, 0.3) is 0 Å². The molecule has 2 N–H and O–H groups in total. The van der Waals surface area contributed by atoms with Crippen molar-refractivity contribution < 1.29 is 14.7 Å². The highest BCUT2D eigenvalue weighted by molar-refractivity contribution is 5.85. The van der Waals surface area contributed by atoms with Crippen LogP contribution in [0.4, 0.5) is 0 Å². The molecule has 1 aromatic rings. The molecule has 6 heteroatoms. The van der Waals surface area contributed by atoms with Gasteiger partial charge in [-0.2, -0.15) is 0 Å². The Balaban J connectivity index is 1.85. The molecule has 0 radical (unpaired) electrons. The van der Waals surface area contributed by atoms with E-state index in [4.69, 9.17) is 5.11 Å². The van der Waals surface area contributed by atoms with Crippen LogP contribution in [-0.4, -0.2) is 52.6 Å². The average Bonchev–Trinajstić information content (AvgIpc) is 2.95. The largest absolute Gasteiger partial charge is 0.477 e. The van der Waals surface area contributed by atoms with E-state index in [9.17, 15) is 9.59 Å². The number of nitrogens with one attached hydrogen (secondary N) is 1. The van der Waals surface area contributed by atoms with E-state index in [1.165, 1.54) is 0 Å². The highest BCUT2D eigenvalue weighted by Gasteiger charge is 2.24. The molecule has 0 atom stereocenters. The molecule has 2 heterocycles. The minimum absolute atomic E-state index is 0.000499. The molecule has 0 saturated carbocycles. The maximum absolute atomic E-state index is 11.6. The van der Waals surface area contributed by atoms with Gasteiger partial charge in [-0.25, -0.2) is 4.79 Å². The number of carbonyl (C=O) groups excluding carboxylic acids is 1. The molecular weight excluding hydrogens is 270 g/mol. The normalized spacial score (nSPS) is 16.6. The van der Waals surface area contributed by atoms with Crippen LogP contribution in [0.1, 0.15) is 29.4 Å². The third-order valence-electron chi connectivity index (χ3n) is 3.76. The van der Waals surface area contributed by atoms with E-state index in [2.05, 4.69) is 16.8 Å². The molecule has 1 aromatic heterocycles. The number of carbonyl (C=O) groups is 2. The second-order valence-corrected chi connectivity index (χ2v) is 5.21. The van der Waals surface area contributed by atoms with Crippen molar-refractivity contribution in [1.82, 2.24) is 14.8 Å². The monoisotopic (exact) mass is 291 g/mol. The number of aromatic carboxylic acids is 1. The lowest BCUT2D eigenvalue weighted by atomic mass is 10.0. The molecule has 1 saturated heterocycles. The van der Waals surface area contributed by atoms with Crippen molar-refractivity contribution in [3.63, 3.8) is 0 Å². The summed E-state index contributed by atoms with van der Waals surface area (Å²) in [6.07, 6.45) is 5.18. The maximum Gasteiger partial charge on any atom is 0.352 e. The summed E-state index contributed by atoms with van der Waals surface area (Å²) in [6, 6.07) is 3.58. The summed E-state index contributed by atoms with van der Waals surface area (Å²) in [6.45, 7) is 6.03. The van der Waals surface area contributed by atoms with E-state index >= 15 is 0 Å². The Morgan fingerprint density at radius 1 is 1.43 bits per heavy atom. The lowest BCUT2D eigenvalue weighted by molar-refractivity contribution is -0.122. The summed E-state index contributed by atoms with van der Waals surface area (Å²) < 4.78 is 1.83. The molecule has 0 aromatic carbocycles. The second kappa shape index (κ2) is 7.08. The zero-order chi connectivity index (χ0) is 15.2. The molecule has 21 heavy (non-hydrogen) atoms. The van der Waals surface area contributed by atoms with Crippen molar-refractivity contribution in [3.8, 4) is 0 Å². The molecule has 1 amide bonds. The third kappa shape index (κ3) is 3.95. The first-order valence-electron chi connectivity index (χ1n) is 7.12. The standard InChI is InChI=1S/C15H21N3O3/c1-2-7-16-14(19)11-17-9-5-12(6-10-17)18-8-3-4-13(18)15(20)21/h2-4,8,12H,1,5-7,9-11H2,(H,16,19)(H,20,21). The van der Waals surface area contributed by atoms with Gasteiger partial charge in [0.05, 0.1) is 6.54 Å². The number of carboxylic acids is 1. The second-order valence-electron chi connectivity index (χ2n) is 5.21. The molecule has 0 unspecified atom stereocenters. The molecule has 1 aliphatic rings. The topological polar surface area (TPSA) is 74.6 Å². The first-order valence-corrected chi connectivity index (χ1v) is 7.12. The lowest BCUT2D eigenvalue weighted by Gasteiger charge is -2.32. The SMILES string of the molecule is C=CCNC(=O)CN1CCC(n2cccc2C(=O)O)CC1. The lowest BCUT2D eigenvalue weighted by Crippen LogP contribution is -2.42. The smallest absolute Gasteiger partial charge is 0.352 e. The van der Waals surface area contributed by atoms with E-state index in [1.54, 1.807) is 18.2 Å². The van der Waals surface area contributed by atoms with E-state index in [-0.39, 0.29) is 11.9 Å². The fourth-order valence-electron chi connectivity index (χ4n) is 2.69. The first-order chi connectivity index (χ1) is 10.1. The fourth-order valence-corrected chi connectivity index (χ4v) is 2.69. The predicted octanol–water partition coefficient (Wildman–Crippen LogP) is 1.13. The molecule has 114 valence electrons.